The Labute approximate surface area is 176 Å². The van der Waals surface area contributed by atoms with Crippen LogP contribution >= 0.6 is 0 Å². The smallest absolute Gasteiger partial charge is 0.335 e. The van der Waals surface area contributed by atoms with E-state index < -0.39 is 5.97 Å². The maximum absolute atomic E-state index is 10.9. The van der Waals surface area contributed by atoms with E-state index in [2.05, 4.69) is 0 Å². The Bertz CT molecular complexity index is 915. The molecule has 0 fully saturated rings. The van der Waals surface area contributed by atoms with E-state index in [9.17, 15) is 9.90 Å². The summed E-state index contributed by atoms with van der Waals surface area (Å²) in [6.07, 6.45) is 4.12. The quantitative estimate of drug-likeness (QED) is 0.395. The third-order valence-electron chi connectivity index (χ3n) is 4.73. The van der Waals surface area contributed by atoms with Crippen molar-refractivity contribution in [2.45, 2.75) is 25.7 Å². The number of hydrogen-bond donors (Lipinski definition) is 2. The molecule has 0 amide bonds. The predicted molar refractivity (Wildman–Crippen MR) is 116 cm³/mol. The maximum Gasteiger partial charge on any atom is 0.335 e. The third-order valence-corrected chi connectivity index (χ3v) is 4.73. The fourth-order valence-electron chi connectivity index (χ4n) is 3.03. The highest BCUT2D eigenvalue weighted by Gasteiger charge is 2.04. The van der Waals surface area contributed by atoms with Gasteiger partial charge in [-0.05, 0) is 85.3 Å². The molecule has 5 nitrogen and oxygen atoms in total. The Morgan fingerprint density at radius 3 is 1.53 bits per heavy atom. The van der Waals surface area contributed by atoms with Gasteiger partial charge in [0.1, 0.15) is 17.2 Å². The molecule has 3 aromatic rings. The number of unbranched alkanes of at least 4 members (excludes halogenated alkanes) is 3. The zero-order valence-corrected chi connectivity index (χ0v) is 16.8. The van der Waals surface area contributed by atoms with Crippen LogP contribution in [-0.2, 0) is 0 Å². The fraction of sp³-hybridized carbons (Fsp3) is 0.240. The number of aromatic carboxylic acids is 1. The number of aromatic hydroxyl groups is 1. The van der Waals surface area contributed by atoms with Gasteiger partial charge in [0.05, 0.1) is 18.8 Å². The molecule has 0 radical (unpaired) electrons. The van der Waals surface area contributed by atoms with Gasteiger partial charge >= 0.3 is 5.97 Å². The van der Waals surface area contributed by atoms with Gasteiger partial charge in [0.25, 0.3) is 0 Å². The lowest BCUT2D eigenvalue weighted by Gasteiger charge is -2.08. The highest BCUT2D eigenvalue weighted by Crippen LogP contribution is 2.23. The van der Waals surface area contributed by atoms with E-state index in [1.807, 2.05) is 36.4 Å². The van der Waals surface area contributed by atoms with Crippen molar-refractivity contribution in [1.29, 1.82) is 0 Å². The molecule has 3 rings (SSSR count). The summed E-state index contributed by atoms with van der Waals surface area (Å²) in [5, 5.41) is 18.2. The molecule has 0 spiro atoms. The van der Waals surface area contributed by atoms with Crippen molar-refractivity contribution in [3.05, 3.63) is 78.4 Å². The number of rotatable bonds is 11. The summed E-state index contributed by atoms with van der Waals surface area (Å²) >= 11 is 0. The molecule has 0 saturated heterocycles. The van der Waals surface area contributed by atoms with Gasteiger partial charge in [0, 0.05) is 0 Å². The van der Waals surface area contributed by atoms with Gasteiger partial charge in [0.2, 0.25) is 0 Å². The molecule has 156 valence electrons. The van der Waals surface area contributed by atoms with Crippen molar-refractivity contribution in [2.75, 3.05) is 13.2 Å². The van der Waals surface area contributed by atoms with Crippen LogP contribution in [0.2, 0.25) is 0 Å². The largest absolute Gasteiger partial charge is 0.508 e. The van der Waals surface area contributed by atoms with Crippen LogP contribution in [0.4, 0.5) is 0 Å². The van der Waals surface area contributed by atoms with Crippen LogP contribution in [0.1, 0.15) is 36.0 Å². The second-order valence-corrected chi connectivity index (χ2v) is 7.01. The Kier molecular flexibility index (Phi) is 7.72. The monoisotopic (exact) mass is 406 g/mol. The number of carboxylic acids is 1. The average Bonchev–Trinajstić information content (AvgIpc) is 2.77. The van der Waals surface area contributed by atoms with E-state index in [1.54, 1.807) is 36.4 Å². The van der Waals surface area contributed by atoms with Gasteiger partial charge in [-0.25, -0.2) is 4.79 Å². The van der Waals surface area contributed by atoms with Crippen LogP contribution in [0.5, 0.6) is 17.2 Å². The van der Waals surface area contributed by atoms with Crippen LogP contribution in [0, 0.1) is 0 Å². The number of phenolic OH excluding ortho intramolecular Hbond substituents is 1. The van der Waals surface area contributed by atoms with Gasteiger partial charge in [-0.15, -0.1) is 0 Å². The number of benzene rings is 3. The first kappa shape index (κ1) is 21.2. The van der Waals surface area contributed by atoms with E-state index in [-0.39, 0.29) is 11.3 Å². The molecule has 30 heavy (non-hydrogen) atoms. The molecule has 0 atom stereocenters. The second kappa shape index (κ2) is 10.9. The van der Waals surface area contributed by atoms with Crippen molar-refractivity contribution in [3.63, 3.8) is 0 Å². The van der Waals surface area contributed by atoms with Crippen molar-refractivity contribution in [3.8, 4) is 28.4 Å². The first-order valence-electron chi connectivity index (χ1n) is 10.1. The Balaban J connectivity index is 1.30. The fourth-order valence-corrected chi connectivity index (χ4v) is 3.03. The summed E-state index contributed by atoms with van der Waals surface area (Å²) in [6.45, 7) is 1.34. The summed E-state index contributed by atoms with van der Waals surface area (Å²) < 4.78 is 11.4. The van der Waals surface area contributed by atoms with Crippen molar-refractivity contribution in [1.82, 2.24) is 0 Å². The SMILES string of the molecule is O=C(O)c1ccc(-c2ccc(OCCCCCCOc3ccc(O)cc3)cc2)cc1. The first-order chi connectivity index (χ1) is 14.6. The first-order valence-corrected chi connectivity index (χ1v) is 10.1. The standard InChI is InChI=1S/C25H26O5/c26-22-11-15-24(16-12-22)30-18-4-2-1-3-17-29-23-13-9-20(10-14-23)19-5-7-21(8-6-19)25(27)28/h5-16,26H,1-4,17-18H2,(H,27,28). The third kappa shape index (κ3) is 6.55. The minimum Gasteiger partial charge on any atom is -0.508 e. The normalized spacial score (nSPS) is 10.5. The lowest BCUT2D eigenvalue weighted by Crippen LogP contribution is -1.99. The van der Waals surface area contributed by atoms with Gasteiger partial charge in [-0.2, -0.15) is 0 Å². The molecule has 2 N–H and O–H groups in total. The molecule has 3 aromatic carbocycles. The number of hydrogen-bond acceptors (Lipinski definition) is 4. The van der Waals surface area contributed by atoms with Crippen molar-refractivity contribution in [2.24, 2.45) is 0 Å². The van der Waals surface area contributed by atoms with Gasteiger partial charge < -0.3 is 19.7 Å². The molecule has 0 aromatic heterocycles. The molecule has 0 aliphatic rings. The zero-order chi connectivity index (χ0) is 21.2. The van der Waals surface area contributed by atoms with Crippen molar-refractivity contribution >= 4 is 5.97 Å². The lowest BCUT2D eigenvalue weighted by atomic mass is 10.0. The van der Waals surface area contributed by atoms with E-state index in [4.69, 9.17) is 14.6 Å². The number of ether oxygens (including phenoxy) is 2. The second-order valence-electron chi connectivity index (χ2n) is 7.01. The average molecular weight is 406 g/mol. The number of carbonyl (C=O) groups is 1. The molecule has 0 saturated carbocycles. The van der Waals surface area contributed by atoms with Crippen LogP contribution in [-0.4, -0.2) is 29.4 Å². The van der Waals surface area contributed by atoms with E-state index >= 15 is 0 Å². The van der Waals surface area contributed by atoms with Crippen LogP contribution < -0.4 is 9.47 Å². The summed E-state index contributed by atoms with van der Waals surface area (Å²) in [7, 11) is 0. The van der Waals surface area contributed by atoms with E-state index in [0.717, 1.165) is 48.3 Å². The minimum absolute atomic E-state index is 0.242. The Morgan fingerprint density at radius 2 is 1.07 bits per heavy atom. The van der Waals surface area contributed by atoms with E-state index in [1.165, 1.54) is 0 Å². The molecule has 0 unspecified atom stereocenters. The molecule has 0 aliphatic carbocycles. The molecule has 0 heterocycles. The minimum atomic E-state index is -0.921. The number of phenols is 1. The zero-order valence-electron chi connectivity index (χ0n) is 16.8. The topological polar surface area (TPSA) is 76.0 Å². The maximum atomic E-state index is 10.9. The van der Waals surface area contributed by atoms with Crippen molar-refractivity contribution < 1.29 is 24.5 Å². The van der Waals surface area contributed by atoms with Gasteiger partial charge in [0.15, 0.2) is 0 Å². The molecule has 0 aliphatic heterocycles. The molecule has 0 bridgehead atoms. The van der Waals surface area contributed by atoms with Crippen LogP contribution in [0.15, 0.2) is 72.8 Å². The summed E-state index contributed by atoms with van der Waals surface area (Å²) in [4.78, 5) is 10.9. The number of carboxylic acid groups (broad SMARTS) is 1. The summed E-state index contributed by atoms with van der Waals surface area (Å²) in [6, 6.07) is 21.4. The van der Waals surface area contributed by atoms with Crippen LogP contribution in [0.3, 0.4) is 0 Å². The lowest BCUT2D eigenvalue weighted by molar-refractivity contribution is 0.0697. The Hall–Kier alpha value is -3.47. The summed E-state index contributed by atoms with van der Waals surface area (Å²) in [5.74, 6) is 0.926. The Morgan fingerprint density at radius 1 is 0.633 bits per heavy atom. The molecular formula is C25H26O5. The predicted octanol–water partition coefficient (Wildman–Crippen LogP) is 5.78. The van der Waals surface area contributed by atoms with Crippen LogP contribution in [0.25, 0.3) is 11.1 Å². The van der Waals surface area contributed by atoms with Gasteiger partial charge in [-0.3, -0.25) is 0 Å². The summed E-state index contributed by atoms with van der Waals surface area (Å²) in [5.41, 5.74) is 2.28. The molecule has 5 heteroatoms. The van der Waals surface area contributed by atoms with Gasteiger partial charge in [-0.1, -0.05) is 24.3 Å². The highest BCUT2D eigenvalue weighted by atomic mass is 16.5. The molecular weight excluding hydrogens is 380 g/mol. The van der Waals surface area contributed by atoms with E-state index in [0.29, 0.717) is 13.2 Å². The highest BCUT2D eigenvalue weighted by molar-refractivity contribution is 5.88.